The Balaban J connectivity index is 2.15. The monoisotopic (exact) mass is 216 g/mol. The molecule has 0 saturated heterocycles. The molecular weight excluding hydrogens is 208 g/mol. The van der Waals surface area contributed by atoms with Gasteiger partial charge in [-0.1, -0.05) is 23.9 Å². The van der Waals surface area contributed by atoms with Crippen LogP contribution in [0, 0.1) is 0 Å². The van der Waals surface area contributed by atoms with Crippen molar-refractivity contribution in [3.63, 3.8) is 0 Å². The Labute approximate surface area is 91.6 Å². The fourth-order valence-electron chi connectivity index (χ4n) is 1.07. The minimum absolute atomic E-state index is 0.679. The number of nitrogens with zero attached hydrogens (tertiary/aromatic N) is 2. The van der Waals surface area contributed by atoms with Crippen molar-refractivity contribution in [1.82, 2.24) is 9.97 Å². The van der Waals surface area contributed by atoms with Crippen LogP contribution >= 0.6 is 11.8 Å². The summed E-state index contributed by atoms with van der Waals surface area (Å²) in [6.45, 7) is 0. The van der Waals surface area contributed by atoms with Crippen molar-refractivity contribution in [3.05, 3.63) is 48.4 Å². The van der Waals surface area contributed by atoms with E-state index in [1.54, 1.807) is 30.7 Å². The van der Waals surface area contributed by atoms with Crippen LogP contribution in [0.15, 0.2) is 52.8 Å². The van der Waals surface area contributed by atoms with E-state index in [1.807, 2.05) is 12.1 Å². The molecule has 15 heavy (non-hydrogen) atoms. The largest absolute Gasteiger partial charge is 0.298 e. The first kappa shape index (κ1) is 9.86. The van der Waals surface area contributed by atoms with Gasteiger partial charge in [-0.2, -0.15) is 0 Å². The normalized spacial score (nSPS) is 9.87. The highest BCUT2D eigenvalue weighted by atomic mass is 32.2. The highest BCUT2D eigenvalue weighted by Gasteiger charge is 1.98. The van der Waals surface area contributed by atoms with Crippen molar-refractivity contribution in [1.29, 1.82) is 0 Å². The average Bonchev–Trinajstić information content (AvgIpc) is 2.31. The van der Waals surface area contributed by atoms with E-state index in [1.165, 1.54) is 11.8 Å². The maximum Gasteiger partial charge on any atom is 0.150 e. The number of aldehydes is 1. The van der Waals surface area contributed by atoms with Crippen molar-refractivity contribution in [2.75, 3.05) is 0 Å². The molecule has 0 radical (unpaired) electrons. The Kier molecular flexibility index (Phi) is 3.09. The van der Waals surface area contributed by atoms with Gasteiger partial charge in [0.2, 0.25) is 0 Å². The molecule has 0 N–H and O–H groups in total. The maximum atomic E-state index is 10.4. The van der Waals surface area contributed by atoms with Crippen LogP contribution in [-0.4, -0.2) is 16.3 Å². The zero-order valence-corrected chi connectivity index (χ0v) is 8.65. The standard InChI is InChI=1S/C11H8N2OS/c14-8-9-1-3-10(4-2-9)15-11-7-12-5-6-13-11/h1-8H. The van der Waals surface area contributed by atoms with Crippen molar-refractivity contribution >= 4 is 18.0 Å². The van der Waals surface area contributed by atoms with Crippen LogP contribution in [0.25, 0.3) is 0 Å². The lowest BCUT2D eigenvalue weighted by Gasteiger charge is -1.99. The quantitative estimate of drug-likeness (QED) is 0.739. The molecule has 0 unspecified atom stereocenters. The molecule has 4 heteroatoms. The van der Waals surface area contributed by atoms with Crippen LogP contribution in [-0.2, 0) is 0 Å². The lowest BCUT2D eigenvalue weighted by molar-refractivity contribution is 0.112. The molecule has 0 aliphatic carbocycles. The van der Waals surface area contributed by atoms with E-state index in [0.717, 1.165) is 16.2 Å². The molecule has 0 aliphatic heterocycles. The molecule has 3 nitrogen and oxygen atoms in total. The summed E-state index contributed by atoms with van der Waals surface area (Å²) in [5.41, 5.74) is 0.679. The molecule has 0 atom stereocenters. The molecule has 0 spiro atoms. The first-order valence-electron chi connectivity index (χ1n) is 4.37. The highest BCUT2D eigenvalue weighted by molar-refractivity contribution is 7.99. The Morgan fingerprint density at radius 3 is 2.53 bits per heavy atom. The molecule has 2 aromatic rings. The van der Waals surface area contributed by atoms with Crippen LogP contribution in [0.4, 0.5) is 0 Å². The summed E-state index contributed by atoms with van der Waals surface area (Å²) in [5, 5.41) is 0.844. The maximum absolute atomic E-state index is 10.4. The van der Waals surface area contributed by atoms with Crippen LogP contribution in [0.3, 0.4) is 0 Å². The summed E-state index contributed by atoms with van der Waals surface area (Å²) < 4.78 is 0. The molecule has 0 aliphatic rings. The van der Waals surface area contributed by atoms with Crippen LogP contribution in [0.5, 0.6) is 0 Å². The number of carbonyl (C=O) groups is 1. The Bertz CT molecular complexity index is 442. The van der Waals surface area contributed by atoms with Gasteiger partial charge in [0, 0.05) is 22.9 Å². The van der Waals surface area contributed by atoms with E-state index in [0.29, 0.717) is 5.56 Å². The third-order valence-corrected chi connectivity index (χ3v) is 2.71. The van der Waals surface area contributed by atoms with Gasteiger partial charge in [0.25, 0.3) is 0 Å². The molecule has 74 valence electrons. The molecule has 1 heterocycles. The van der Waals surface area contributed by atoms with Crippen LogP contribution in [0.2, 0.25) is 0 Å². The third kappa shape index (κ3) is 2.63. The van der Waals surface area contributed by atoms with Gasteiger partial charge in [0.05, 0.1) is 6.20 Å². The highest BCUT2D eigenvalue weighted by Crippen LogP contribution is 2.24. The minimum atomic E-state index is 0.679. The van der Waals surface area contributed by atoms with Crippen molar-refractivity contribution in [2.45, 2.75) is 9.92 Å². The summed E-state index contributed by atoms with van der Waals surface area (Å²) in [7, 11) is 0. The van der Waals surface area contributed by atoms with E-state index in [4.69, 9.17) is 0 Å². The van der Waals surface area contributed by atoms with Gasteiger partial charge in [-0.25, -0.2) is 4.98 Å². The van der Waals surface area contributed by atoms with E-state index < -0.39 is 0 Å². The second-order valence-electron chi connectivity index (χ2n) is 2.83. The lowest BCUT2D eigenvalue weighted by Crippen LogP contribution is -1.82. The number of hydrogen-bond donors (Lipinski definition) is 0. The van der Waals surface area contributed by atoms with Crippen molar-refractivity contribution in [2.24, 2.45) is 0 Å². The number of aromatic nitrogens is 2. The summed E-state index contributed by atoms with van der Waals surface area (Å²) in [4.78, 5) is 19.6. The number of carbonyl (C=O) groups excluding carboxylic acids is 1. The van der Waals surface area contributed by atoms with Crippen molar-refractivity contribution in [3.8, 4) is 0 Å². The smallest absolute Gasteiger partial charge is 0.150 e. The predicted molar refractivity (Wildman–Crippen MR) is 58.0 cm³/mol. The van der Waals surface area contributed by atoms with Gasteiger partial charge in [-0.15, -0.1) is 0 Å². The molecule has 2 rings (SSSR count). The molecule has 0 amide bonds. The summed E-state index contributed by atoms with van der Waals surface area (Å²) in [5.74, 6) is 0. The topological polar surface area (TPSA) is 42.9 Å². The zero-order chi connectivity index (χ0) is 10.5. The molecular formula is C11H8N2OS. The molecule has 0 saturated carbocycles. The summed E-state index contributed by atoms with van der Waals surface area (Å²) >= 11 is 1.52. The molecule has 0 bridgehead atoms. The summed E-state index contributed by atoms with van der Waals surface area (Å²) in [6.07, 6.45) is 5.83. The number of rotatable bonds is 3. The van der Waals surface area contributed by atoms with Gasteiger partial charge in [0.1, 0.15) is 11.3 Å². The molecule has 0 fully saturated rings. The van der Waals surface area contributed by atoms with Crippen LogP contribution in [0.1, 0.15) is 10.4 Å². The Morgan fingerprint density at radius 1 is 1.13 bits per heavy atom. The van der Waals surface area contributed by atoms with Gasteiger partial charge < -0.3 is 0 Å². The third-order valence-electron chi connectivity index (χ3n) is 1.78. The van der Waals surface area contributed by atoms with Gasteiger partial charge >= 0.3 is 0 Å². The number of benzene rings is 1. The SMILES string of the molecule is O=Cc1ccc(Sc2cnccn2)cc1. The van der Waals surface area contributed by atoms with Crippen LogP contribution < -0.4 is 0 Å². The fraction of sp³-hybridized carbons (Fsp3) is 0. The molecule has 1 aromatic carbocycles. The first-order valence-corrected chi connectivity index (χ1v) is 5.19. The summed E-state index contributed by atoms with van der Waals surface area (Å²) in [6, 6.07) is 7.35. The van der Waals surface area contributed by atoms with Gasteiger partial charge in [-0.05, 0) is 12.1 Å². The van der Waals surface area contributed by atoms with Gasteiger partial charge in [0.15, 0.2) is 0 Å². The second kappa shape index (κ2) is 4.70. The Morgan fingerprint density at radius 2 is 1.93 bits per heavy atom. The van der Waals surface area contributed by atoms with E-state index in [-0.39, 0.29) is 0 Å². The van der Waals surface area contributed by atoms with Gasteiger partial charge in [-0.3, -0.25) is 9.78 Å². The molecule has 1 aromatic heterocycles. The lowest BCUT2D eigenvalue weighted by atomic mass is 10.2. The second-order valence-corrected chi connectivity index (χ2v) is 3.93. The van der Waals surface area contributed by atoms with E-state index in [2.05, 4.69) is 9.97 Å². The first-order chi connectivity index (χ1) is 7.38. The Hall–Kier alpha value is -1.68. The predicted octanol–water partition coefficient (Wildman–Crippen LogP) is 2.44. The number of hydrogen-bond acceptors (Lipinski definition) is 4. The van der Waals surface area contributed by atoms with E-state index >= 15 is 0 Å². The van der Waals surface area contributed by atoms with E-state index in [9.17, 15) is 4.79 Å². The minimum Gasteiger partial charge on any atom is -0.298 e. The average molecular weight is 216 g/mol. The fourth-order valence-corrected chi connectivity index (χ4v) is 1.81. The zero-order valence-electron chi connectivity index (χ0n) is 7.83. The van der Waals surface area contributed by atoms with Crippen molar-refractivity contribution < 1.29 is 4.79 Å².